The molecule has 0 spiro atoms. The second-order valence-electron chi connectivity index (χ2n) is 4.63. The number of phenolic OH excluding ortho intramolecular Hbond substituents is 1. The third-order valence-corrected chi connectivity index (χ3v) is 3.33. The number of nitrogens with zero attached hydrogens (tertiary/aromatic N) is 2. The lowest BCUT2D eigenvalue weighted by Crippen LogP contribution is -2.40. The van der Waals surface area contributed by atoms with Gasteiger partial charge in [-0.1, -0.05) is 0 Å². The number of amides is 2. The minimum absolute atomic E-state index is 0.136. The van der Waals surface area contributed by atoms with E-state index in [1.165, 1.54) is 21.9 Å². The number of carbonyl (C=O) groups excluding carboxylic acids is 1. The molecule has 2 amide bonds. The Hall–Kier alpha value is -2.24. The van der Waals surface area contributed by atoms with Crippen molar-refractivity contribution in [2.75, 3.05) is 25.0 Å². The second-order valence-corrected chi connectivity index (χ2v) is 4.63. The van der Waals surface area contributed by atoms with Crippen LogP contribution in [0.25, 0.3) is 0 Å². The number of aliphatic carboxylic acids is 1. The molecule has 19 heavy (non-hydrogen) atoms. The van der Waals surface area contributed by atoms with E-state index in [0.717, 1.165) is 0 Å². The van der Waals surface area contributed by atoms with Crippen LogP contribution >= 0.6 is 0 Å². The van der Waals surface area contributed by atoms with Crippen molar-refractivity contribution in [2.24, 2.45) is 5.92 Å². The molecule has 1 unspecified atom stereocenters. The van der Waals surface area contributed by atoms with Crippen molar-refractivity contribution >= 4 is 17.7 Å². The van der Waals surface area contributed by atoms with Crippen LogP contribution in [-0.4, -0.2) is 47.3 Å². The quantitative estimate of drug-likeness (QED) is 0.845. The number of rotatable bonds is 2. The van der Waals surface area contributed by atoms with Crippen molar-refractivity contribution in [1.82, 2.24) is 4.90 Å². The minimum atomic E-state index is -0.859. The number of carboxylic acid groups (broad SMARTS) is 1. The number of benzene rings is 1. The van der Waals surface area contributed by atoms with Gasteiger partial charge < -0.3 is 15.1 Å². The number of likely N-dealkylation sites (tertiary alicyclic amines) is 1. The standard InChI is InChI=1S/C13H16N2O4/c1-14(10-2-4-11(16)5-3-10)13(19)15-7-6-9(8-15)12(17)18/h2-5,9,16H,6-8H2,1H3,(H,17,18). The average Bonchev–Trinajstić information content (AvgIpc) is 2.87. The van der Waals surface area contributed by atoms with E-state index in [2.05, 4.69) is 0 Å². The van der Waals surface area contributed by atoms with Crippen LogP contribution in [0.15, 0.2) is 24.3 Å². The van der Waals surface area contributed by atoms with Crippen molar-refractivity contribution in [3.05, 3.63) is 24.3 Å². The molecule has 1 aromatic carbocycles. The van der Waals surface area contributed by atoms with E-state index in [-0.39, 0.29) is 18.3 Å². The van der Waals surface area contributed by atoms with Crippen LogP contribution in [0.1, 0.15) is 6.42 Å². The number of anilines is 1. The molecule has 2 N–H and O–H groups in total. The van der Waals surface area contributed by atoms with Gasteiger partial charge in [0, 0.05) is 25.8 Å². The highest BCUT2D eigenvalue weighted by molar-refractivity contribution is 5.92. The predicted octanol–water partition coefficient (Wildman–Crippen LogP) is 1.35. The Kier molecular flexibility index (Phi) is 3.59. The molecule has 1 aromatic rings. The molecular weight excluding hydrogens is 248 g/mol. The van der Waals surface area contributed by atoms with Gasteiger partial charge in [0.25, 0.3) is 0 Å². The smallest absolute Gasteiger partial charge is 0.324 e. The fourth-order valence-corrected chi connectivity index (χ4v) is 2.13. The van der Waals surface area contributed by atoms with Gasteiger partial charge in [-0.25, -0.2) is 4.79 Å². The average molecular weight is 264 g/mol. The van der Waals surface area contributed by atoms with Crippen LogP contribution in [0.3, 0.4) is 0 Å². The topological polar surface area (TPSA) is 81.1 Å². The maximum Gasteiger partial charge on any atom is 0.324 e. The first kappa shape index (κ1) is 13.2. The summed E-state index contributed by atoms with van der Waals surface area (Å²) in [5.41, 5.74) is 0.654. The number of carbonyl (C=O) groups is 2. The lowest BCUT2D eigenvalue weighted by atomic mass is 10.1. The van der Waals surface area contributed by atoms with Gasteiger partial charge in [-0.05, 0) is 30.7 Å². The lowest BCUT2D eigenvalue weighted by Gasteiger charge is -2.24. The molecule has 1 heterocycles. The first-order chi connectivity index (χ1) is 8.99. The summed E-state index contributed by atoms with van der Waals surface area (Å²) in [6, 6.07) is 6.05. The van der Waals surface area contributed by atoms with Gasteiger partial charge in [0.2, 0.25) is 0 Å². The Bertz CT molecular complexity index is 486. The van der Waals surface area contributed by atoms with Crippen molar-refractivity contribution < 1.29 is 19.8 Å². The molecule has 1 atom stereocenters. The normalized spacial score (nSPS) is 18.4. The van der Waals surface area contributed by atoms with Gasteiger partial charge in [-0.2, -0.15) is 0 Å². The third-order valence-electron chi connectivity index (χ3n) is 3.33. The molecule has 0 aromatic heterocycles. The van der Waals surface area contributed by atoms with Gasteiger partial charge in [0.15, 0.2) is 0 Å². The van der Waals surface area contributed by atoms with Gasteiger partial charge in [0.05, 0.1) is 5.92 Å². The Labute approximate surface area is 110 Å². The van der Waals surface area contributed by atoms with E-state index in [4.69, 9.17) is 5.11 Å². The molecule has 1 saturated heterocycles. The molecule has 0 radical (unpaired) electrons. The van der Waals surface area contributed by atoms with E-state index in [0.29, 0.717) is 18.7 Å². The number of hydrogen-bond acceptors (Lipinski definition) is 3. The number of aromatic hydroxyl groups is 1. The SMILES string of the molecule is CN(C(=O)N1CCC(C(=O)O)C1)c1ccc(O)cc1. The summed E-state index contributed by atoms with van der Waals surface area (Å²) in [5, 5.41) is 18.1. The van der Waals surface area contributed by atoms with Gasteiger partial charge in [0.1, 0.15) is 5.75 Å². The van der Waals surface area contributed by atoms with Crippen LogP contribution in [-0.2, 0) is 4.79 Å². The van der Waals surface area contributed by atoms with Gasteiger partial charge >= 0.3 is 12.0 Å². The molecule has 0 saturated carbocycles. The van der Waals surface area contributed by atoms with E-state index < -0.39 is 11.9 Å². The largest absolute Gasteiger partial charge is 0.508 e. The highest BCUT2D eigenvalue weighted by atomic mass is 16.4. The monoisotopic (exact) mass is 264 g/mol. The van der Waals surface area contributed by atoms with E-state index in [1.807, 2.05) is 0 Å². The van der Waals surface area contributed by atoms with Crippen molar-refractivity contribution in [3.8, 4) is 5.75 Å². The van der Waals surface area contributed by atoms with Crippen molar-refractivity contribution in [1.29, 1.82) is 0 Å². The molecule has 6 nitrogen and oxygen atoms in total. The Morgan fingerprint density at radius 3 is 2.47 bits per heavy atom. The minimum Gasteiger partial charge on any atom is -0.508 e. The zero-order valence-corrected chi connectivity index (χ0v) is 10.6. The first-order valence-corrected chi connectivity index (χ1v) is 6.03. The fourth-order valence-electron chi connectivity index (χ4n) is 2.13. The summed E-state index contributed by atoms with van der Waals surface area (Å²) >= 11 is 0. The summed E-state index contributed by atoms with van der Waals surface area (Å²) < 4.78 is 0. The lowest BCUT2D eigenvalue weighted by molar-refractivity contribution is -0.141. The second kappa shape index (κ2) is 5.17. The van der Waals surface area contributed by atoms with E-state index in [1.54, 1.807) is 19.2 Å². The number of carboxylic acids is 1. The van der Waals surface area contributed by atoms with Crippen LogP contribution in [0.2, 0.25) is 0 Å². The number of hydrogen-bond donors (Lipinski definition) is 2. The van der Waals surface area contributed by atoms with Crippen LogP contribution in [0.4, 0.5) is 10.5 Å². The number of urea groups is 1. The predicted molar refractivity (Wildman–Crippen MR) is 69.2 cm³/mol. The molecular formula is C13H16N2O4. The van der Waals surface area contributed by atoms with E-state index in [9.17, 15) is 14.7 Å². The van der Waals surface area contributed by atoms with Crippen molar-refractivity contribution in [3.63, 3.8) is 0 Å². The summed E-state index contributed by atoms with van der Waals surface area (Å²) in [4.78, 5) is 26.0. The third kappa shape index (κ3) is 2.78. The molecule has 2 rings (SSSR count). The molecule has 1 fully saturated rings. The zero-order chi connectivity index (χ0) is 14.0. The van der Waals surface area contributed by atoms with Crippen LogP contribution < -0.4 is 4.90 Å². The maximum absolute atomic E-state index is 12.2. The molecule has 0 bridgehead atoms. The Balaban J connectivity index is 2.04. The molecule has 1 aliphatic rings. The Morgan fingerprint density at radius 2 is 1.95 bits per heavy atom. The molecule has 1 aliphatic heterocycles. The summed E-state index contributed by atoms with van der Waals surface area (Å²) in [5.74, 6) is -1.20. The summed E-state index contributed by atoms with van der Waals surface area (Å²) in [6.45, 7) is 0.703. The fraction of sp³-hybridized carbons (Fsp3) is 0.385. The maximum atomic E-state index is 12.2. The van der Waals surface area contributed by atoms with E-state index >= 15 is 0 Å². The zero-order valence-electron chi connectivity index (χ0n) is 10.6. The summed E-state index contributed by atoms with van der Waals surface area (Å²) in [6.07, 6.45) is 0.491. The Morgan fingerprint density at radius 1 is 1.32 bits per heavy atom. The van der Waals surface area contributed by atoms with Crippen LogP contribution in [0, 0.1) is 5.92 Å². The van der Waals surface area contributed by atoms with Gasteiger partial charge in [-0.3, -0.25) is 9.69 Å². The first-order valence-electron chi connectivity index (χ1n) is 6.03. The van der Waals surface area contributed by atoms with Crippen LogP contribution in [0.5, 0.6) is 5.75 Å². The molecule has 6 heteroatoms. The van der Waals surface area contributed by atoms with Gasteiger partial charge in [-0.15, -0.1) is 0 Å². The molecule has 0 aliphatic carbocycles. The number of phenols is 1. The molecule has 102 valence electrons. The van der Waals surface area contributed by atoms with Crippen molar-refractivity contribution in [2.45, 2.75) is 6.42 Å². The highest BCUT2D eigenvalue weighted by Crippen LogP contribution is 2.22. The summed E-state index contributed by atoms with van der Waals surface area (Å²) in [7, 11) is 1.63. The highest BCUT2D eigenvalue weighted by Gasteiger charge is 2.32.